The van der Waals surface area contributed by atoms with E-state index in [0.29, 0.717) is 43.2 Å². The highest BCUT2D eigenvalue weighted by Gasteiger charge is 2.47. The van der Waals surface area contributed by atoms with Crippen LogP contribution in [-0.4, -0.2) is 54.6 Å². The van der Waals surface area contributed by atoms with Crippen LogP contribution in [0.2, 0.25) is 0 Å². The van der Waals surface area contributed by atoms with Crippen molar-refractivity contribution >= 4 is 11.8 Å². The van der Waals surface area contributed by atoms with Gasteiger partial charge in [0, 0.05) is 43.6 Å². The van der Waals surface area contributed by atoms with Crippen LogP contribution < -0.4 is 9.47 Å². The summed E-state index contributed by atoms with van der Waals surface area (Å²) in [6.45, 7) is 2.40. The first kappa shape index (κ1) is 16.2. The number of hydrogen-bond acceptors (Lipinski definition) is 5. The molecule has 7 nitrogen and oxygen atoms in total. The largest absolute Gasteiger partial charge is 0.469 e. The molecule has 0 bridgehead atoms. The smallest absolute Gasteiger partial charge is 0.254 e. The van der Waals surface area contributed by atoms with Crippen LogP contribution in [-0.2, 0) is 4.79 Å². The highest BCUT2D eigenvalue weighted by Crippen LogP contribution is 2.48. The van der Waals surface area contributed by atoms with E-state index in [9.17, 15) is 9.59 Å². The molecule has 27 heavy (non-hydrogen) atoms. The Labute approximate surface area is 156 Å². The number of hydrogen-bond donors (Lipinski definition) is 0. The van der Waals surface area contributed by atoms with Crippen molar-refractivity contribution in [2.75, 3.05) is 33.0 Å². The molecule has 3 aliphatic rings. The van der Waals surface area contributed by atoms with Gasteiger partial charge in [-0.2, -0.15) is 0 Å². The quantitative estimate of drug-likeness (QED) is 0.830. The molecule has 2 aromatic rings. The monoisotopic (exact) mass is 368 g/mol. The third-order valence-electron chi connectivity index (χ3n) is 5.51. The Morgan fingerprint density at radius 1 is 0.963 bits per heavy atom. The van der Waals surface area contributed by atoms with E-state index in [4.69, 9.17) is 13.9 Å². The normalized spacial score (nSPS) is 23.4. The number of carbonyl (C=O) groups is 2. The van der Waals surface area contributed by atoms with Gasteiger partial charge in [-0.1, -0.05) is 0 Å². The molecule has 1 aliphatic carbocycles. The van der Waals surface area contributed by atoms with Crippen molar-refractivity contribution in [2.45, 2.75) is 12.3 Å². The van der Waals surface area contributed by atoms with E-state index in [1.165, 1.54) is 0 Å². The molecule has 0 N–H and O–H groups in total. The maximum Gasteiger partial charge on any atom is 0.254 e. The van der Waals surface area contributed by atoms with E-state index in [2.05, 4.69) is 0 Å². The number of amides is 2. The van der Waals surface area contributed by atoms with Gasteiger partial charge >= 0.3 is 0 Å². The van der Waals surface area contributed by atoms with Gasteiger partial charge in [-0.3, -0.25) is 9.59 Å². The zero-order valence-electron chi connectivity index (χ0n) is 14.8. The number of benzene rings is 1. The summed E-state index contributed by atoms with van der Waals surface area (Å²) in [5, 5.41) is 0. The molecule has 1 aromatic carbocycles. The molecule has 140 valence electrons. The van der Waals surface area contributed by atoms with Gasteiger partial charge in [-0.05, 0) is 36.8 Å². The molecule has 1 saturated carbocycles. The zero-order valence-corrected chi connectivity index (χ0v) is 14.8. The second kappa shape index (κ2) is 6.33. The van der Waals surface area contributed by atoms with Gasteiger partial charge in [0.05, 0.1) is 6.26 Å². The summed E-state index contributed by atoms with van der Waals surface area (Å²) < 4.78 is 16.0. The Kier molecular flexibility index (Phi) is 3.81. The lowest BCUT2D eigenvalue weighted by Crippen LogP contribution is -2.51. The van der Waals surface area contributed by atoms with Gasteiger partial charge in [0.15, 0.2) is 11.5 Å². The molecule has 5 rings (SSSR count). The average molecular weight is 368 g/mol. The Balaban J connectivity index is 1.18. The maximum absolute atomic E-state index is 12.7. The summed E-state index contributed by atoms with van der Waals surface area (Å²) in [6.07, 6.45) is 2.50. The van der Waals surface area contributed by atoms with Crippen LogP contribution in [0.25, 0.3) is 0 Å². The highest BCUT2D eigenvalue weighted by atomic mass is 16.7. The van der Waals surface area contributed by atoms with Crippen molar-refractivity contribution < 1.29 is 23.5 Å². The molecule has 0 radical (unpaired) electrons. The van der Waals surface area contributed by atoms with Gasteiger partial charge in [-0.15, -0.1) is 0 Å². The summed E-state index contributed by atoms with van der Waals surface area (Å²) in [5.74, 6) is 2.52. The van der Waals surface area contributed by atoms with Crippen LogP contribution in [0.4, 0.5) is 0 Å². The van der Waals surface area contributed by atoms with E-state index >= 15 is 0 Å². The number of ether oxygens (including phenoxy) is 2. The van der Waals surface area contributed by atoms with Crippen molar-refractivity contribution in [3.8, 4) is 11.5 Å². The maximum atomic E-state index is 12.7. The van der Waals surface area contributed by atoms with E-state index in [1.54, 1.807) is 29.4 Å². The van der Waals surface area contributed by atoms with Crippen LogP contribution in [0.15, 0.2) is 41.0 Å². The lowest BCUT2D eigenvalue weighted by atomic mass is 10.1. The fraction of sp³-hybridized carbons (Fsp3) is 0.400. The van der Waals surface area contributed by atoms with Crippen molar-refractivity contribution in [3.63, 3.8) is 0 Å². The van der Waals surface area contributed by atoms with E-state index < -0.39 is 0 Å². The zero-order chi connectivity index (χ0) is 18.4. The third kappa shape index (κ3) is 2.93. The average Bonchev–Trinajstić information content (AvgIpc) is 3.10. The van der Waals surface area contributed by atoms with Gasteiger partial charge < -0.3 is 23.7 Å². The summed E-state index contributed by atoms with van der Waals surface area (Å²) in [4.78, 5) is 29.1. The lowest BCUT2D eigenvalue weighted by Gasteiger charge is -2.35. The summed E-state index contributed by atoms with van der Waals surface area (Å²) in [7, 11) is 0. The second-order valence-corrected chi connectivity index (χ2v) is 7.15. The molecule has 2 atom stereocenters. The number of nitrogens with zero attached hydrogens (tertiary/aromatic N) is 2. The van der Waals surface area contributed by atoms with Crippen LogP contribution in [0.3, 0.4) is 0 Å². The topological polar surface area (TPSA) is 72.2 Å². The number of fused-ring (bicyclic) bond motifs is 1. The molecular weight excluding hydrogens is 348 g/mol. The first-order valence-electron chi connectivity index (χ1n) is 9.22. The first-order valence-corrected chi connectivity index (χ1v) is 9.22. The highest BCUT2D eigenvalue weighted by molar-refractivity contribution is 5.95. The molecule has 2 fully saturated rings. The van der Waals surface area contributed by atoms with E-state index in [1.807, 2.05) is 17.0 Å². The predicted molar refractivity (Wildman–Crippen MR) is 94.6 cm³/mol. The molecule has 2 amide bonds. The SMILES string of the molecule is O=C(c1ccc2c(c1)OCO2)N1CCN(C(=O)C2CC2c2ccco2)CC1. The standard InChI is InChI=1S/C20H20N2O5/c23-19(13-3-4-17-18(10-13)27-12-26-17)21-5-7-22(8-6-21)20(24)15-11-14(15)16-2-1-9-25-16/h1-4,9-10,14-15H,5-8,11-12H2. The van der Waals surface area contributed by atoms with E-state index in [0.717, 1.165) is 12.2 Å². The molecular formula is C20H20N2O5. The predicted octanol–water partition coefficient (Wildman–Crippen LogP) is 2.10. The minimum Gasteiger partial charge on any atom is -0.469 e. The number of piperazine rings is 1. The molecule has 7 heteroatoms. The lowest BCUT2D eigenvalue weighted by molar-refractivity contribution is -0.134. The summed E-state index contributed by atoms with van der Waals surface area (Å²) >= 11 is 0. The van der Waals surface area contributed by atoms with Crippen LogP contribution in [0, 0.1) is 5.92 Å². The molecule has 1 saturated heterocycles. The van der Waals surface area contributed by atoms with Crippen molar-refractivity contribution in [1.82, 2.24) is 9.80 Å². The number of furan rings is 1. The van der Waals surface area contributed by atoms with Gasteiger partial charge in [-0.25, -0.2) is 0 Å². The second-order valence-electron chi connectivity index (χ2n) is 7.15. The van der Waals surface area contributed by atoms with Crippen LogP contribution in [0.1, 0.15) is 28.5 Å². The van der Waals surface area contributed by atoms with E-state index in [-0.39, 0.29) is 30.4 Å². The molecule has 3 heterocycles. The molecule has 2 aliphatic heterocycles. The van der Waals surface area contributed by atoms with Gasteiger partial charge in [0.2, 0.25) is 12.7 Å². The van der Waals surface area contributed by atoms with Crippen LogP contribution in [0.5, 0.6) is 11.5 Å². The Morgan fingerprint density at radius 2 is 1.74 bits per heavy atom. The fourth-order valence-corrected chi connectivity index (χ4v) is 3.86. The van der Waals surface area contributed by atoms with Crippen molar-refractivity contribution in [3.05, 3.63) is 47.9 Å². The van der Waals surface area contributed by atoms with Crippen molar-refractivity contribution in [2.24, 2.45) is 5.92 Å². The van der Waals surface area contributed by atoms with Crippen molar-refractivity contribution in [1.29, 1.82) is 0 Å². The fourth-order valence-electron chi connectivity index (χ4n) is 3.86. The first-order chi connectivity index (χ1) is 13.2. The minimum absolute atomic E-state index is 0.0206. The third-order valence-corrected chi connectivity index (χ3v) is 5.51. The minimum atomic E-state index is -0.0414. The van der Waals surface area contributed by atoms with Gasteiger partial charge in [0.25, 0.3) is 5.91 Å². The summed E-state index contributed by atoms with van der Waals surface area (Å²) in [5.41, 5.74) is 0.583. The Morgan fingerprint density at radius 3 is 2.52 bits per heavy atom. The molecule has 0 spiro atoms. The molecule has 2 unspecified atom stereocenters. The van der Waals surface area contributed by atoms with Crippen LogP contribution >= 0.6 is 0 Å². The number of rotatable bonds is 3. The number of carbonyl (C=O) groups excluding carboxylic acids is 2. The molecule has 1 aromatic heterocycles. The van der Waals surface area contributed by atoms with Gasteiger partial charge in [0.1, 0.15) is 5.76 Å². The Hall–Kier alpha value is -2.96. The summed E-state index contributed by atoms with van der Waals surface area (Å²) in [6, 6.07) is 9.03. The Bertz CT molecular complexity index is 871.